The second-order valence-corrected chi connectivity index (χ2v) is 11.9. The van der Waals surface area contributed by atoms with Gasteiger partial charge in [0.1, 0.15) is 5.75 Å². The largest absolute Gasteiger partial charge is 0.482 e. The van der Waals surface area contributed by atoms with E-state index >= 15 is 0 Å². The summed E-state index contributed by atoms with van der Waals surface area (Å²) >= 11 is 5.88. The molecule has 0 saturated carbocycles. The van der Waals surface area contributed by atoms with Crippen LogP contribution in [0.25, 0.3) is 0 Å². The van der Waals surface area contributed by atoms with E-state index in [2.05, 4.69) is 25.6 Å². The number of benzene rings is 1. The van der Waals surface area contributed by atoms with Crippen molar-refractivity contribution in [1.29, 1.82) is 0 Å². The van der Waals surface area contributed by atoms with Crippen LogP contribution in [0.2, 0.25) is 5.15 Å². The third-order valence-electron chi connectivity index (χ3n) is 7.95. The summed E-state index contributed by atoms with van der Waals surface area (Å²) in [6.45, 7) is 6.19. The Morgan fingerprint density at radius 3 is 2.36 bits per heavy atom. The molecule has 6 N–H and O–H groups in total. The average Bonchev–Trinajstić information content (AvgIpc) is 3.44. The monoisotopic (exact) mass is 671 g/mol. The number of hydrogen-bond donors (Lipinski definition) is 4. The van der Waals surface area contributed by atoms with Gasteiger partial charge in [-0.2, -0.15) is 0 Å². The lowest BCUT2D eigenvalue weighted by Crippen LogP contribution is -2.57. The zero-order valence-corrected chi connectivity index (χ0v) is 27.5. The number of piperidine rings is 1. The SMILES string of the molecule is CCCN(CCC)C(=O)COC(=O)COc1ccc(CCC(=O)N2CCC3(CC2)CN=C(NC(=O)c2nc(Cl)c(N)nc2N)N3)cc1. The maximum Gasteiger partial charge on any atom is 0.344 e. The summed E-state index contributed by atoms with van der Waals surface area (Å²) in [5, 5.41) is 5.83. The number of amides is 3. The lowest BCUT2D eigenvalue weighted by atomic mass is 9.88. The van der Waals surface area contributed by atoms with Crippen LogP contribution < -0.4 is 26.8 Å². The fourth-order valence-corrected chi connectivity index (χ4v) is 5.48. The van der Waals surface area contributed by atoms with E-state index in [9.17, 15) is 19.2 Å². The van der Waals surface area contributed by atoms with Crippen LogP contribution in [0.5, 0.6) is 5.75 Å². The maximum atomic E-state index is 13.0. The summed E-state index contributed by atoms with van der Waals surface area (Å²) in [5.74, 6) is -0.817. The number of guanidine groups is 1. The van der Waals surface area contributed by atoms with Gasteiger partial charge in [0, 0.05) is 32.6 Å². The van der Waals surface area contributed by atoms with Gasteiger partial charge in [-0.3, -0.25) is 24.7 Å². The number of aliphatic imine (C=N–C) groups is 1. The highest BCUT2D eigenvalue weighted by molar-refractivity contribution is 6.31. The predicted octanol–water partition coefficient (Wildman–Crippen LogP) is 1.55. The Labute approximate surface area is 278 Å². The zero-order valence-electron chi connectivity index (χ0n) is 26.7. The van der Waals surface area contributed by atoms with Crippen LogP contribution in [0.4, 0.5) is 11.6 Å². The molecule has 4 rings (SSSR count). The summed E-state index contributed by atoms with van der Waals surface area (Å²) < 4.78 is 10.6. The van der Waals surface area contributed by atoms with Crippen molar-refractivity contribution in [3.05, 3.63) is 40.7 Å². The van der Waals surface area contributed by atoms with E-state index in [0.29, 0.717) is 70.1 Å². The molecule has 254 valence electrons. The normalized spacial score (nSPS) is 15.0. The van der Waals surface area contributed by atoms with E-state index in [0.717, 1.165) is 18.4 Å². The number of nitrogen functional groups attached to an aromatic ring is 2. The number of anilines is 2. The van der Waals surface area contributed by atoms with Gasteiger partial charge in [-0.25, -0.2) is 14.8 Å². The minimum absolute atomic E-state index is 0.0515. The first-order valence-corrected chi connectivity index (χ1v) is 16.1. The van der Waals surface area contributed by atoms with Crippen LogP contribution in [0.3, 0.4) is 0 Å². The molecular weight excluding hydrogens is 630 g/mol. The van der Waals surface area contributed by atoms with Gasteiger partial charge in [0.15, 0.2) is 41.7 Å². The zero-order chi connectivity index (χ0) is 34.0. The topological polar surface area (TPSA) is 207 Å². The molecule has 0 aliphatic carbocycles. The molecule has 0 radical (unpaired) electrons. The van der Waals surface area contributed by atoms with Crippen molar-refractivity contribution in [3.8, 4) is 5.75 Å². The molecule has 1 saturated heterocycles. The van der Waals surface area contributed by atoms with Crippen molar-refractivity contribution in [2.24, 2.45) is 4.99 Å². The number of esters is 1. The molecule has 2 aliphatic rings. The Morgan fingerprint density at radius 2 is 1.70 bits per heavy atom. The van der Waals surface area contributed by atoms with Crippen LogP contribution in [0, 0.1) is 0 Å². The molecular formula is C31H42ClN9O6. The Morgan fingerprint density at radius 1 is 1.02 bits per heavy atom. The van der Waals surface area contributed by atoms with Gasteiger partial charge in [-0.05, 0) is 49.8 Å². The van der Waals surface area contributed by atoms with Gasteiger partial charge in [-0.15, -0.1) is 0 Å². The number of carbonyl (C=O) groups excluding carboxylic acids is 4. The minimum Gasteiger partial charge on any atom is -0.482 e. The van der Waals surface area contributed by atoms with Crippen molar-refractivity contribution >= 4 is 52.9 Å². The molecule has 0 unspecified atom stereocenters. The molecule has 1 spiro atoms. The van der Waals surface area contributed by atoms with Gasteiger partial charge in [0.2, 0.25) is 5.91 Å². The number of likely N-dealkylation sites (tertiary alicyclic amines) is 1. The van der Waals surface area contributed by atoms with Crippen molar-refractivity contribution in [3.63, 3.8) is 0 Å². The Hall–Kier alpha value is -4.66. The Balaban J connectivity index is 1.14. The van der Waals surface area contributed by atoms with Crippen LogP contribution in [-0.2, 0) is 25.5 Å². The summed E-state index contributed by atoms with van der Waals surface area (Å²) in [4.78, 5) is 65.7. The predicted molar refractivity (Wildman–Crippen MR) is 176 cm³/mol. The smallest absolute Gasteiger partial charge is 0.344 e. The van der Waals surface area contributed by atoms with Gasteiger partial charge in [0.25, 0.3) is 11.8 Å². The summed E-state index contributed by atoms with van der Waals surface area (Å²) in [6.07, 6.45) is 3.89. The van der Waals surface area contributed by atoms with E-state index in [4.69, 9.17) is 32.5 Å². The van der Waals surface area contributed by atoms with Gasteiger partial charge in [0.05, 0.1) is 12.1 Å². The molecule has 16 heteroatoms. The number of carbonyl (C=O) groups is 4. The highest BCUT2D eigenvalue weighted by Crippen LogP contribution is 2.26. The van der Waals surface area contributed by atoms with E-state index in [1.54, 1.807) is 17.0 Å². The van der Waals surface area contributed by atoms with Crippen LogP contribution in [0.1, 0.15) is 62.0 Å². The first-order chi connectivity index (χ1) is 22.5. The van der Waals surface area contributed by atoms with E-state index in [1.807, 2.05) is 30.9 Å². The number of halogens is 1. The minimum atomic E-state index is -0.617. The van der Waals surface area contributed by atoms with Crippen molar-refractivity contribution in [1.82, 2.24) is 30.4 Å². The lowest BCUT2D eigenvalue weighted by Gasteiger charge is -2.39. The van der Waals surface area contributed by atoms with Crippen molar-refractivity contribution in [2.45, 2.75) is 57.9 Å². The summed E-state index contributed by atoms with van der Waals surface area (Å²) in [5.41, 5.74) is 11.8. The fourth-order valence-electron chi connectivity index (χ4n) is 5.35. The first-order valence-electron chi connectivity index (χ1n) is 15.7. The molecule has 15 nitrogen and oxygen atoms in total. The average molecular weight is 672 g/mol. The number of rotatable bonds is 13. The lowest BCUT2D eigenvalue weighted by molar-refractivity contribution is -0.153. The third-order valence-corrected chi connectivity index (χ3v) is 8.23. The molecule has 2 aromatic rings. The molecule has 0 bridgehead atoms. The molecule has 0 atom stereocenters. The van der Waals surface area contributed by atoms with Gasteiger partial charge < -0.3 is 36.1 Å². The number of hydrogen-bond acceptors (Lipinski definition) is 12. The first kappa shape index (κ1) is 35.2. The molecule has 1 aromatic carbocycles. The quantitative estimate of drug-likeness (QED) is 0.225. The third kappa shape index (κ3) is 9.67. The van der Waals surface area contributed by atoms with E-state index in [-0.39, 0.29) is 53.0 Å². The number of aryl methyl sites for hydroxylation is 1. The van der Waals surface area contributed by atoms with Gasteiger partial charge >= 0.3 is 5.97 Å². The Bertz CT molecular complexity index is 1470. The standard InChI is InChI=1S/C31H42ClN9O6/c1-3-13-40(14-4-2)23(43)17-47-24(44)18-46-21-8-5-20(6-9-21)7-10-22(42)41-15-11-31(12-16-41)19-35-30(39-31)38-29(45)25-27(33)37-28(34)26(32)36-25/h5-6,8-9H,3-4,7,10-19H2,1-2H3,(H4,33,34,37)(H2,35,38,39,45). The van der Waals surface area contributed by atoms with Crippen LogP contribution >= 0.6 is 11.6 Å². The second-order valence-electron chi connectivity index (χ2n) is 11.5. The van der Waals surface area contributed by atoms with Crippen LogP contribution in [0.15, 0.2) is 29.3 Å². The molecule has 1 fully saturated rings. The molecule has 3 amide bonds. The van der Waals surface area contributed by atoms with E-state index < -0.39 is 11.9 Å². The maximum absolute atomic E-state index is 13.0. The number of ether oxygens (including phenoxy) is 2. The number of nitrogens with two attached hydrogens (primary N) is 2. The number of aromatic nitrogens is 2. The summed E-state index contributed by atoms with van der Waals surface area (Å²) in [7, 11) is 0. The summed E-state index contributed by atoms with van der Waals surface area (Å²) in [6, 6.07) is 7.17. The fraction of sp³-hybridized carbons (Fsp3) is 0.516. The van der Waals surface area contributed by atoms with Gasteiger partial charge in [-0.1, -0.05) is 37.6 Å². The number of nitrogens with zero attached hydrogens (tertiary/aromatic N) is 5. The number of nitrogens with one attached hydrogen (secondary N) is 2. The second kappa shape index (κ2) is 16.3. The van der Waals surface area contributed by atoms with Crippen LogP contribution in [-0.4, -0.2) is 101 Å². The Kier molecular flexibility index (Phi) is 12.2. The van der Waals surface area contributed by atoms with E-state index in [1.165, 1.54) is 0 Å². The molecule has 47 heavy (non-hydrogen) atoms. The highest BCUT2D eigenvalue weighted by atomic mass is 35.5. The molecule has 1 aromatic heterocycles. The molecule has 2 aliphatic heterocycles. The van der Waals surface area contributed by atoms with Crippen molar-refractivity contribution in [2.75, 3.05) is 57.4 Å². The van der Waals surface area contributed by atoms with Crippen molar-refractivity contribution < 1.29 is 28.7 Å². The molecule has 3 heterocycles. The highest BCUT2D eigenvalue weighted by Gasteiger charge is 2.40.